The molecule has 0 saturated heterocycles. The van der Waals surface area contributed by atoms with Crippen LogP contribution in [0.2, 0.25) is 0 Å². The van der Waals surface area contributed by atoms with E-state index < -0.39 is 0 Å². The maximum absolute atomic E-state index is 12.9. The van der Waals surface area contributed by atoms with Gasteiger partial charge in [-0.15, -0.1) is 15.3 Å². The number of amides is 1. The molecule has 0 atom stereocenters. The summed E-state index contributed by atoms with van der Waals surface area (Å²) in [6, 6.07) is 14.7. The predicted octanol–water partition coefficient (Wildman–Crippen LogP) is 3.16. The fourth-order valence-electron chi connectivity index (χ4n) is 3.14. The van der Waals surface area contributed by atoms with E-state index in [0.717, 1.165) is 11.1 Å². The van der Waals surface area contributed by atoms with Crippen LogP contribution in [-0.2, 0) is 4.79 Å². The molecule has 0 radical (unpaired) electrons. The predicted molar refractivity (Wildman–Crippen MR) is 123 cm³/mol. The molecule has 4 rings (SSSR count). The number of nitrogens with zero attached hydrogens (tertiary/aromatic N) is 4. The number of nitrogens with one attached hydrogen (secondary N) is 1. The highest BCUT2D eigenvalue weighted by Crippen LogP contribution is 2.31. The molecule has 2 aromatic heterocycles. The summed E-state index contributed by atoms with van der Waals surface area (Å²) in [5.74, 6) is 1.42. The summed E-state index contributed by atoms with van der Waals surface area (Å²) in [4.78, 5) is 12.0. The standard InChI is InChI=1S/C24H22FN5O4/c1-32-19-9-6-17(15-20(19)33-2)24-28-27-21-10-12-23(29-30(21)24)34-14-13-26-22(31)11-5-16-3-7-18(25)8-4-16/h3-12,15H,13-14H2,1-2H3,(H,26,31)/b11-5+. The smallest absolute Gasteiger partial charge is 0.244 e. The van der Waals surface area contributed by atoms with Gasteiger partial charge in [0.15, 0.2) is 23.0 Å². The molecule has 4 aromatic rings. The van der Waals surface area contributed by atoms with Gasteiger partial charge in [-0.1, -0.05) is 12.1 Å². The SMILES string of the molecule is COc1ccc(-c2nnc3ccc(OCCNC(=O)/C=C/c4ccc(F)cc4)nn23)cc1OC. The van der Waals surface area contributed by atoms with Crippen molar-refractivity contribution in [2.75, 3.05) is 27.4 Å². The lowest BCUT2D eigenvalue weighted by atomic mass is 10.2. The lowest BCUT2D eigenvalue weighted by molar-refractivity contribution is -0.116. The van der Waals surface area contributed by atoms with Crippen molar-refractivity contribution in [3.05, 3.63) is 72.1 Å². The molecule has 2 heterocycles. The second-order valence-corrected chi connectivity index (χ2v) is 7.06. The van der Waals surface area contributed by atoms with Crippen LogP contribution >= 0.6 is 0 Å². The van der Waals surface area contributed by atoms with E-state index in [0.29, 0.717) is 28.9 Å². The maximum atomic E-state index is 12.9. The van der Waals surface area contributed by atoms with Crippen LogP contribution in [0.5, 0.6) is 17.4 Å². The largest absolute Gasteiger partial charge is 0.493 e. The van der Waals surface area contributed by atoms with Gasteiger partial charge in [0.05, 0.1) is 20.8 Å². The molecule has 0 aliphatic rings. The van der Waals surface area contributed by atoms with Gasteiger partial charge < -0.3 is 19.5 Å². The number of rotatable bonds is 9. The molecule has 9 nitrogen and oxygen atoms in total. The van der Waals surface area contributed by atoms with E-state index in [-0.39, 0.29) is 24.9 Å². The molecular formula is C24H22FN5O4. The van der Waals surface area contributed by atoms with Crippen LogP contribution < -0.4 is 19.5 Å². The van der Waals surface area contributed by atoms with Crippen molar-refractivity contribution in [2.24, 2.45) is 0 Å². The van der Waals surface area contributed by atoms with E-state index >= 15 is 0 Å². The molecule has 0 bridgehead atoms. The van der Waals surface area contributed by atoms with Gasteiger partial charge in [0.2, 0.25) is 11.8 Å². The number of carbonyl (C=O) groups is 1. The van der Waals surface area contributed by atoms with E-state index in [2.05, 4.69) is 20.6 Å². The Morgan fingerprint density at radius 3 is 2.59 bits per heavy atom. The Kier molecular flexibility index (Phi) is 6.97. The Labute approximate surface area is 194 Å². The molecule has 0 aliphatic carbocycles. The van der Waals surface area contributed by atoms with Crippen LogP contribution in [0.3, 0.4) is 0 Å². The zero-order chi connectivity index (χ0) is 23.9. The number of halogens is 1. The molecular weight excluding hydrogens is 441 g/mol. The summed E-state index contributed by atoms with van der Waals surface area (Å²) in [6.45, 7) is 0.486. The van der Waals surface area contributed by atoms with Crippen molar-refractivity contribution < 1.29 is 23.4 Å². The van der Waals surface area contributed by atoms with E-state index in [1.165, 1.54) is 18.2 Å². The molecule has 34 heavy (non-hydrogen) atoms. The molecule has 1 N–H and O–H groups in total. The average molecular weight is 463 g/mol. The van der Waals surface area contributed by atoms with Gasteiger partial charge in [0.25, 0.3) is 0 Å². The quantitative estimate of drug-likeness (QED) is 0.301. The summed E-state index contributed by atoms with van der Waals surface area (Å²) in [7, 11) is 3.13. The maximum Gasteiger partial charge on any atom is 0.244 e. The van der Waals surface area contributed by atoms with E-state index in [4.69, 9.17) is 14.2 Å². The normalized spacial score (nSPS) is 11.0. The molecule has 0 spiro atoms. The fourth-order valence-corrected chi connectivity index (χ4v) is 3.14. The van der Waals surface area contributed by atoms with Crippen LogP contribution in [0.25, 0.3) is 23.1 Å². The fraction of sp³-hybridized carbons (Fsp3) is 0.167. The molecule has 0 saturated carbocycles. The molecule has 10 heteroatoms. The van der Waals surface area contributed by atoms with E-state index in [9.17, 15) is 9.18 Å². The summed E-state index contributed by atoms with van der Waals surface area (Å²) in [5.41, 5.74) is 2.02. The highest BCUT2D eigenvalue weighted by molar-refractivity contribution is 5.91. The molecule has 1 amide bonds. The first kappa shape index (κ1) is 22.7. The van der Waals surface area contributed by atoms with Crippen LogP contribution in [0.15, 0.2) is 60.7 Å². The Bertz CT molecular complexity index is 1320. The van der Waals surface area contributed by atoms with Crippen molar-refractivity contribution in [3.8, 4) is 28.8 Å². The minimum absolute atomic E-state index is 0.211. The van der Waals surface area contributed by atoms with Crippen molar-refractivity contribution >= 4 is 17.6 Å². The second-order valence-electron chi connectivity index (χ2n) is 7.06. The third-order valence-electron chi connectivity index (χ3n) is 4.83. The monoisotopic (exact) mass is 463 g/mol. The molecule has 2 aromatic carbocycles. The van der Waals surface area contributed by atoms with Crippen LogP contribution in [0.1, 0.15) is 5.56 Å². The van der Waals surface area contributed by atoms with Gasteiger partial charge in [-0.3, -0.25) is 4.79 Å². The topological polar surface area (TPSA) is 99.9 Å². The Balaban J connectivity index is 1.37. The van der Waals surface area contributed by atoms with Crippen LogP contribution in [0.4, 0.5) is 4.39 Å². The Morgan fingerprint density at radius 1 is 1.03 bits per heavy atom. The number of fused-ring (bicyclic) bond motifs is 1. The summed E-state index contributed by atoms with van der Waals surface area (Å²) in [5, 5.41) is 15.5. The second kappa shape index (κ2) is 10.4. The Hall–Kier alpha value is -4.47. The Morgan fingerprint density at radius 2 is 1.82 bits per heavy atom. The first-order valence-electron chi connectivity index (χ1n) is 10.4. The van der Waals surface area contributed by atoms with Gasteiger partial charge in [0.1, 0.15) is 12.4 Å². The zero-order valence-corrected chi connectivity index (χ0v) is 18.6. The highest BCUT2D eigenvalue weighted by Gasteiger charge is 2.13. The summed E-state index contributed by atoms with van der Waals surface area (Å²) in [6.07, 6.45) is 2.98. The molecule has 174 valence electrons. The van der Waals surface area contributed by atoms with Gasteiger partial charge in [0, 0.05) is 17.7 Å². The van der Waals surface area contributed by atoms with Gasteiger partial charge in [-0.05, 0) is 48.0 Å². The highest BCUT2D eigenvalue weighted by atomic mass is 19.1. The number of carbonyl (C=O) groups excluding carboxylic acids is 1. The first-order chi connectivity index (χ1) is 16.6. The summed E-state index contributed by atoms with van der Waals surface area (Å²) < 4.78 is 30.8. The number of hydrogen-bond acceptors (Lipinski definition) is 7. The lowest BCUT2D eigenvalue weighted by Crippen LogP contribution is -2.26. The minimum atomic E-state index is -0.326. The van der Waals surface area contributed by atoms with Crippen molar-refractivity contribution in [2.45, 2.75) is 0 Å². The number of hydrogen-bond donors (Lipinski definition) is 1. The number of aromatic nitrogens is 4. The van der Waals surface area contributed by atoms with Gasteiger partial charge in [-0.25, -0.2) is 4.39 Å². The number of methoxy groups -OCH3 is 2. The number of benzene rings is 2. The molecule has 0 fully saturated rings. The van der Waals surface area contributed by atoms with Crippen LogP contribution in [0, 0.1) is 5.82 Å². The van der Waals surface area contributed by atoms with Crippen molar-refractivity contribution in [1.29, 1.82) is 0 Å². The molecule has 0 aliphatic heterocycles. The van der Waals surface area contributed by atoms with Crippen molar-refractivity contribution in [3.63, 3.8) is 0 Å². The first-order valence-corrected chi connectivity index (χ1v) is 10.4. The average Bonchev–Trinajstić information content (AvgIpc) is 3.29. The summed E-state index contributed by atoms with van der Waals surface area (Å²) >= 11 is 0. The van der Waals surface area contributed by atoms with Crippen LogP contribution in [-0.4, -0.2) is 53.1 Å². The number of ether oxygens (including phenoxy) is 3. The van der Waals surface area contributed by atoms with E-state index in [1.807, 2.05) is 6.07 Å². The zero-order valence-electron chi connectivity index (χ0n) is 18.6. The molecule has 0 unspecified atom stereocenters. The third-order valence-corrected chi connectivity index (χ3v) is 4.83. The van der Waals surface area contributed by atoms with Gasteiger partial charge in [-0.2, -0.15) is 4.52 Å². The van der Waals surface area contributed by atoms with E-state index in [1.54, 1.807) is 61.2 Å². The minimum Gasteiger partial charge on any atom is -0.493 e. The third kappa shape index (κ3) is 5.29. The lowest BCUT2D eigenvalue weighted by Gasteiger charge is -2.09. The van der Waals surface area contributed by atoms with Crippen molar-refractivity contribution in [1.82, 2.24) is 25.1 Å². The van der Waals surface area contributed by atoms with Gasteiger partial charge >= 0.3 is 0 Å².